The third-order valence-electron chi connectivity index (χ3n) is 2.83. The molecular formula is C12H8ClN5O2. The molecule has 0 bridgehead atoms. The summed E-state index contributed by atoms with van der Waals surface area (Å²) in [6.07, 6.45) is 0. The molecule has 7 nitrogen and oxygen atoms in total. The van der Waals surface area contributed by atoms with Crippen LogP contribution in [0.5, 0.6) is 0 Å². The minimum Gasteiger partial charge on any atom is -0.288 e. The topological polar surface area (TPSA) is 93.5 Å². The molecule has 0 saturated heterocycles. The first-order chi connectivity index (χ1) is 9.56. The zero-order valence-corrected chi connectivity index (χ0v) is 11.0. The van der Waals surface area contributed by atoms with Gasteiger partial charge in [-0.1, -0.05) is 11.6 Å². The Bertz CT molecular complexity index is 914. The number of H-pyrrole nitrogens is 1. The Morgan fingerprint density at radius 1 is 1.15 bits per heavy atom. The lowest BCUT2D eigenvalue weighted by Gasteiger charge is -2.02. The molecule has 100 valence electrons. The fraction of sp³-hybridized carbons (Fsp3) is 0.0833. The van der Waals surface area contributed by atoms with Gasteiger partial charge in [-0.2, -0.15) is 0 Å². The predicted molar refractivity (Wildman–Crippen MR) is 73.6 cm³/mol. The highest BCUT2D eigenvalue weighted by atomic mass is 35.5. The minimum atomic E-state index is -0.558. The number of benzene rings is 1. The Morgan fingerprint density at radius 3 is 2.55 bits per heavy atom. The monoisotopic (exact) mass is 289 g/mol. The molecule has 1 aromatic carbocycles. The molecule has 0 saturated carbocycles. The van der Waals surface area contributed by atoms with E-state index in [1.807, 2.05) is 0 Å². The summed E-state index contributed by atoms with van der Waals surface area (Å²) in [6, 6.07) is 6.83. The first-order valence-corrected chi connectivity index (χ1v) is 6.04. The highest BCUT2D eigenvalue weighted by Gasteiger charge is 2.10. The molecule has 0 fully saturated rings. The summed E-state index contributed by atoms with van der Waals surface area (Å²) in [6.45, 7) is 0. The van der Waals surface area contributed by atoms with Crippen LogP contribution in [-0.4, -0.2) is 24.7 Å². The zero-order chi connectivity index (χ0) is 14.3. The van der Waals surface area contributed by atoms with Crippen LogP contribution in [0, 0.1) is 0 Å². The highest BCUT2D eigenvalue weighted by molar-refractivity contribution is 6.30. The first-order valence-electron chi connectivity index (χ1n) is 5.66. The van der Waals surface area contributed by atoms with E-state index in [4.69, 9.17) is 11.6 Å². The summed E-state index contributed by atoms with van der Waals surface area (Å²) in [5.41, 5.74) is -0.272. The lowest BCUT2D eigenvalue weighted by atomic mass is 10.2. The molecule has 0 radical (unpaired) electrons. The number of aromatic amines is 1. The van der Waals surface area contributed by atoms with Crippen molar-refractivity contribution < 1.29 is 0 Å². The average Bonchev–Trinajstić information content (AvgIpc) is 2.46. The van der Waals surface area contributed by atoms with Crippen molar-refractivity contribution in [2.24, 2.45) is 7.05 Å². The average molecular weight is 290 g/mol. The molecule has 0 amide bonds. The molecule has 0 aliphatic carbocycles. The van der Waals surface area contributed by atoms with E-state index in [0.29, 0.717) is 16.4 Å². The molecule has 0 spiro atoms. The summed E-state index contributed by atoms with van der Waals surface area (Å²) in [5.74, 6) is 0.290. The summed E-state index contributed by atoms with van der Waals surface area (Å²) in [5, 5.41) is 8.31. The number of aromatic nitrogens is 5. The van der Waals surface area contributed by atoms with Gasteiger partial charge in [0, 0.05) is 17.6 Å². The summed E-state index contributed by atoms with van der Waals surface area (Å²) < 4.78 is 0.933. The van der Waals surface area contributed by atoms with Gasteiger partial charge >= 0.3 is 5.69 Å². The fourth-order valence-electron chi connectivity index (χ4n) is 1.72. The maximum atomic E-state index is 12.0. The van der Waals surface area contributed by atoms with Gasteiger partial charge in [0.1, 0.15) is 0 Å². The van der Waals surface area contributed by atoms with E-state index in [9.17, 15) is 9.59 Å². The van der Waals surface area contributed by atoms with Crippen LogP contribution in [0.4, 0.5) is 0 Å². The number of nitrogens with one attached hydrogen (secondary N) is 1. The van der Waals surface area contributed by atoms with Crippen molar-refractivity contribution in [3.63, 3.8) is 0 Å². The van der Waals surface area contributed by atoms with Gasteiger partial charge in [-0.25, -0.2) is 9.78 Å². The fourth-order valence-corrected chi connectivity index (χ4v) is 1.84. The van der Waals surface area contributed by atoms with Gasteiger partial charge in [-0.05, 0) is 24.3 Å². The van der Waals surface area contributed by atoms with Gasteiger partial charge in [0.15, 0.2) is 17.0 Å². The molecule has 0 aliphatic heterocycles. The molecule has 20 heavy (non-hydrogen) atoms. The Kier molecular flexibility index (Phi) is 2.83. The number of rotatable bonds is 1. The van der Waals surface area contributed by atoms with E-state index in [0.717, 1.165) is 4.57 Å². The van der Waals surface area contributed by atoms with E-state index in [1.54, 1.807) is 24.3 Å². The number of hydrogen-bond donors (Lipinski definition) is 1. The van der Waals surface area contributed by atoms with Crippen LogP contribution in [0.1, 0.15) is 0 Å². The third-order valence-corrected chi connectivity index (χ3v) is 3.08. The first kappa shape index (κ1) is 12.5. The second-order valence-electron chi connectivity index (χ2n) is 4.13. The Hall–Kier alpha value is -2.54. The number of nitrogens with zero attached hydrogens (tertiary/aromatic N) is 4. The molecule has 3 aromatic rings. The van der Waals surface area contributed by atoms with Crippen LogP contribution >= 0.6 is 11.6 Å². The van der Waals surface area contributed by atoms with Crippen molar-refractivity contribution in [1.82, 2.24) is 24.7 Å². The Balaban J connectivity index is 2.28. The van der Waals surface area contributed by atoms with Gasteiger partial charge in [0.05, 0.1) is 0 Å². The van der Waals surface area contributed by atoms with Crippen molar-refractivity contribution >= 4 is 22.8 Å². The van der Waals surface area contributed by atoms with Crippen molar-refractivity contribution in [3.05, 3.63) is 50.1 Å². The third kappa shape index (κ3) is 1.97. The SMILES string of the molecule is Cn1c(=O)[nH]c2nnc(-c3ccc(Cl)cc3)nc2c1=O. The van der Waals surface area contributed by atoms with Crippen molar-refractivity contribution in [3.8, 4) is 11.4 Å². The van der Waals surface area contributed by atoms with E-state index in [1.165, 1.54) is 7.05 Å². The number of fused-ring (bicyclic) bond motifs is 1. The van der Waals surface area contributed by atoms with Gasteiger partial charge in [0.25, 0.3) is 5.56 Å². The van der Waals surface area contributed by atoms with Crippen LogP contribution in [0.2, 0.25) is 5.02 Å². The molecule has 0 atom stereocenters. The van der Waals surface area contributed by atoms with Crippen LogP contribution in [-0.2, 0) is 7.05 Å². The largest absolute Gasteiger partial charge is 0.329 e. The summed E-state index contributed by atoms with van der Waals surface area (Å²) in [4.78, 5) is 30.0. The van der Waals surface area contributed by atoms with Gasteiger partial charge < -0.3 is 0 Å². The van der Waals surface area contributed by atoms with Crippen LogP contribution in [0.25, 0.3) is 22.6 Å². The molecule has 3 rings (SSSR count). The van der Waals surface area contributed by atoms with E-state index in [2.05, 4.69) is 20.2 Å². The lowest BCUT2D eigenvalue weighted by molar-refractivity contribution is 0.781. The van der Waals surface area contributed by atoms with Gasteiger partial charge in [0.2, 0.25) is 0 Å². The lowest BCUT2D eigenvalue weighted by Crippen LogP contribution is -2.33. The molecule has 2 heterocycles. The van der Waals surface area contributed by atoms with Crippen LogP contribution < -0.4 is 11.2 Å². The normalized spacial score (nSPS) is 10.9. The molecule has 0 aliphatic rings. The van der Waals surface area contributed by atoms with E-state index >= 15 is 0 Å². The second kappa shape index (κ2) is 4.53. The minimum absolute atomic E-state index is 0.0621. The number of halogens is 1. The van der Waals surface area contributed by atoms with Crippen LogP contribution in [0.15, 0.2) is 33.9 Å². The highest BCUT2D eigenvalue weighted by Crippen LogP contribution is 2.17. The zero-order valence-electron chi connectivity index (χ0n) is 10.3. The Labute approximate surface area is 116 Å². The quantitative estimate of drug-likeness (QED) is 0.713. The van der Waals surface area contributed by atoms with Gasteiger partial charge in [-0.15, -0.1) is 10.2 Å². The Morgan fingerprint density at radius 2 is 1.85 bits per heavy atom. The molecule has 8 heteroatoms. The summed E-state index contributed by atoms with van der Waals surface area (Å²) >= 11 is 5.81. The molecule has 2 aromatic heterocycles. The maximum absolute atomic E-state index is 12.0. The van der Waals surface area contributed by atoms with Crippen molar-refractivity contribution in [2.75, 3.05) is 0 Å². The van der Waals surface area contributed by atoms with Crippen molar-refractivity contribution in [1.29, 1.82) is 0 Å². The van der Waals surface area contributed by atoms with E-state index in [-0.39, 0.29) is 11.2 Å². The van der Waals surface area contributed by atoms with Crippen LogP contribution in [0.3, 0.4) is 0 Å². The summed E-state index contributed by atoms with van der Waals surface area (Å²) in [7, 11) is 1.37. The molecule has 1 N–H and O–H groups in total. The number of hydrogen-bond acceptors (Lipinski definition) is 5. The smallest absolute Gasteiger partial charge is 0.288 e. The maximum Gasteiger partial charge on any atom is 0.329 e. The standard InChI is InChI=1S/C12H8ClN5O2/c1-18-11(19)8-10(15-12(18)20)17-16-9(14-8)6-2-4-7(13)5-3-6/h2-5H,1H3,(H,15,17,20). The van der Waals surface area contributed by atoms with E-state index < -0.39 is 11.2 Å². The molecular weight excluding hydrogens is 282 g/mol. The second-order valence-corrected chi connectivity index (χ2v) is 4.57. The van der Waals surface area contributed by atoms with Crippen molar-refractivity contribution in [2.45, 2.75) is 0 Å². The van der Waals surface area contributed by atoms with Gasteiger partial charge in [-0.3, -0.25) is 14.3 Å². The predicted octanol–water partition coefficient (Wildman–Crippen LogP) is 0.732. The molecule has 0 unspecified atom stereocenters.